The van der Waals surface area contributed by atoms with Crippen LogP contribution in [0.15, 0.2) is 164 Å². The third-order valence-electron chi connectivity index (χ3n) is 22.3. The first kappa shape index (κ1) is 75.1. The lowest BCUT2D eigenvalue weighted by molar-refractivity contribution is 0.0663. The Bertz CT molecular complexity index is 5220. The van der Waals surface area contributed by atoms with Gasteiger partial charge in [0.2, 0.25) is 17.7 Å². The summed E-state index contributed by atoms with van der Waals surface area (Å²) >= 11 is 12.9. The number of H-pyrrole nitrogens is 3. The van der Waals surface area contributed by atoms with Crippen LogP contribution in [0.4, 0.5) is 90.5 Å². The SMILES string of the molecule is Clc1ccccc1C1CCCN1c1cc(Nc2ccn(C3CCOCC3)n2)ncn1.Fc1c(Nc2cc(C3CC3)[nH]n2)ncnc1N1CCCCC1c1ccccc1.Nc1nc(Nc2cc(C3CC3)[nH]n2)cc(N2CCCC2c2ccc(F)cc2)n1.Nc1nc(Nc2cc(C3CC3)[nH]n2)cc(N2CCCC2c2ccccc2Cl)n1. The van der Waals surface area contributed by atoms with Gasteiger partial charge in [0.1, 0.15) is 53.4 Å². The maximum Gasteiger partial charge on any atom is 0.223 e. The zero-order valence-corrected chi connectivity index (χ0v) is 64.7. The van der Waals surface area contributed by atoms with Crippen molar-refractivity contribution in [2.45, 2.75) is 157 Å². The van der Waals surface area contributed by atoms with E-state index in [4.69, 9.17) is 39.4 Å². The number of halogens is 4. The number of piperidine rings is 1. The molecule has 8 aromatic heterocycles. The van der Waals surface area contributed by atoms with Gasteiger partial charge < -0.3 is 57.1 Å². The number of nitrogens with two attached hydrogens (primary N) is 2. The molecule has 3 aliphatic carbocycles. The highest BCUT2D eigenvalue weighted by Crippen LogP contribution is 2.46. The highest BCUT2D eigenvalue weighted by Gasteiger charge is 2.35. The Morgan fingerprint density at radius 1 is 0.412 bits per heavy atom. The average Bonchev–Trinajstić information content (AvgIpc) is 1.78. The molecule has 5 aliphatic heterocycles. The zero-order chi connectivity index (χ0) is 77.4. The number of benzene rings is 4. The summed E-state index contributed by atoms with van der Waals surface area (Å²) in [6, 6.07) is 47.9. The standard InChI is InChI=1S/C22H25ClN6O.C21H23FN6.C20H22ClN7.C20H22FN7/c23-18-5-2-1-4-17(18)19-6-3-10-28(19)22-14-21(24-15-25-22)26-20-7-11-29(27-20)16-8-12-30-13-9-16;22-19-20(25-18-12-16(26-27-18)14-9-10-14)23-13-24-21(19)28-11-5-4-8-17(28)15-6-2-1-3-7-15;21-14-5-2-1-4-13(14)16-6-3-9-28(16)19-11-17(24-20(22)25-19)23-18-10-15(26-27-18)12-7-8-12;21-14-7-5-13(6-8-14)16-2-1-9-28(16)19-11-17(24-20(22)25-19)23-18-10-15(26-27-18)12-3-4-12/h1-2,4-5,7,11,14-16,19H,3,6,8-10,12-13H2,(H,24,25,26,27);1-3,6-7,12-14,17H,4-5,8-11H2,(H2,23,24,25,26,27);1-2,4-5,10-12,16H,3,6-9H2,(H4,22,23,24,25,26,27);5-8,10-12,16H,1-4,9H2,(H4,22,23,24,25,26,27). The highest BCUT2D eigenvalue weighted by molar-refractivity contribution is 6.31. The van der Waals surface area contributed by atoms with Gasteiger partial charge in [0.15, 0.2) is 34.9 Å². The average molecular weight is 1580 g/mol. The van der Waals surface area contributed by atoms with E-state index in [-0.39, 0.29) is 47.7 Å². The molecule has 5 saturated heterocycles. The topological polar surface area (TPSA) is 329 Å². The van der Waals surface area contributed by atoms with Crippen molar-refractivity contribution in [3.63, 3.8) is 0 Å². The van der Waals surface area contributed by atoms with Gasteiger partial charge in [-0.1, -0.05) is 102 Å². The molecule has 8 fully saturated rings. The van der Waals surface area contributed by atoms with E-state index in [0.29, 0.717) is 47.1 Å². The fraction of sp³-hybridized carbons (Fsp3) is 0.373. The number of aromatic amines is 3. The Morgan fingerprint density at radius 2 is 0.886 bits per heavy atom. The Kier molecular flexibility index (Phi) is 22.7. The lowest BCUT2D eigenvalue weighted by Gasteiger charge is -2.37. The van der Waals surface area contributed by atoms with E-state index in [1.165, 1.54) is 68.2 Å². The molecule has 13 heterocycles. The number of anilines is 14. The summed E-state index contributed by atoms with van der Waals surface area (Å²) in [5.74, 6) is 9.40. The van der Waals surface area contributed by atoms with Crippen molar-refractivity contribution in [2.75, 3.05) is 91.7 Å². The molecule has 4 unspecified atom stereocenters. The maximum absolute atomic E-state index is 15.3. The smallest absolute Gasteiger partial charge is 0.223 e. The van der Waals surface area contributed by atoms with Gasteiger partial charge in [0.05, 0.1) is 30.2 Å². The Hall–Kier alpha value is -11.6. The van der Waals surface area contributed by atoms with E-state index in [1.54, 1.807) is 6.33 Å². The summed E-state index contributed by atoms with van der Waals surface area (Å²) in [6.45, 7) is 5.09. The number of rotatable bonds is 20. The molecule has 4 aromatic carbocycles. The Balaban J connectivity index is 0.000000110. The van der Waals surface area contributed by atoms with Gasteiger partial charge in [-0.2, -0.15) is 44.7 Å². The minimum absolute atomic E-state index is 0.124. The summed E-state index contributed by atoms with van der Waals surface area (Å²) in [5, 5.41) is 41.2. The molecular formula is C83H92Cl2F2N26O. The number of aromatic nitrogens is 16. The third-order valence-corrected chi connectivity index (χ3v) is 23.0. The van der Waals surface area contributed by atoms with Crippen LogP contribution >= 0.6 is 23.2 Å². The fourth-order valence-electron chi connectivity index (χ4n) is 16.1. The maximum atomic E-state index is 15.3. The lowest BCUT2D eigenvalue weighted by atomic mass is 9.95. The van der Waals surface area contributed by atoms with E-state index >= 15 is 4.39 Å². The van der Waals surface area contributed by atoms with E-state index in [1.807, 2.05) is 120 Å². The van der Waals surface area contributed by atoms with Crippen molar-refractivity contribution in [3.05, 3.63) is 225 Å². The minimum Gasteiger partial charge on any atom is -0.381 e. The Morgan fingerprint density at radius 3 is 1.46 bits per heavy atom. The van der Waals surface area contributed by atoms with Crippen LogP contribution in [0.1, 0.15) is 196 Å². The van der Waals surface area contributed by atoms with Crippen molar-refractivity contribution in [1.29, 1.82) is 0 Å². The van der Waals surface area contributed by atoms with Crippen molar-refractivity contribution < 1.29 is 13.5 Å². The van der Waals surface area contributed by atoms with Crippen LogP contribution in [0.25, 0.3) is 0 Å². The van der Waals surface area contributed by atoms with Gasteiger partial charge in [-0.3, -0.25) is 20.0 Å². The van der Waals surface area contributed by atoms with Crippen molar-refractivity contribution in [1.82, 2.24) is 80.2 Å². The molecule has 27 nitrogen and oxygen atoms in total. The van der Waals surface area contributed by atoms with Crippen LogP contribution in [-0.4, -0.2) is 120 Å². The fourth-order valence-corrected chi connectivity index (χ4v) is 16.7. The zero-order valence-electron chi connectivity index (χ0n) is 63.1. The molecule has 4 atom stereocenters. The molecule has 20 rings (SSSR count). The second-order valence-electron chi connectivity index (χ2n) is 30.3. The largest absolute Gasteiger partial charge is 0.381 e. The van der Waals surface area contributed by atoms with Crippen LogP contribution in [0.2, 0.25) is 10.0 Å². The number of hydrogen-bond donors (Lipinski definition) is 9. The van der Waals surface area contributed by atoms with E-state index in [9.17, 15) is 4.39 Å². The first-order valence-corrected chi connectivity index (χ1v) is 40.5. The number of ether oxygens (including phenoxy) is 1. The summed E-state index contributed by atoms with van der Waals surface area (Å²) in [5.41, 5.74) is 20.0. The quantitative estimate of drug-likeness (QED) is 0.0342. The van der Waals surface area contributed by atoms with Crippen LogP contribution < -0.4 is 52.3 Å². The molecule has 0 amide bonds. The van der Waals surface area contributed by atoms with Gasteiger partial charge in [-0.15, -0.1) is 0 Å². The second-order valence-corrected chi connectivity index (χ2v) is 31.1. The summed E-state index contributed by atoms with van der Waals surface area (Å²) < 4.78 is 36.1. The monoisotopic (exact) mass is 1580 g/mol. The predicted octanol–water partition coefficient (Wildman–Crippen LogP) is 17.7. The van der Waals surface area contributed by atoms with E-state index in [2.05, 4.69) is 141 Å². The number of nitrogen functional groups attached to an aromatic ring is 2. The molecule has 0 spiro atoms. The minimum atomic E-state index is -0.429. The normalized spacial score (nSPS) is 19.5. The van der Waals surface area contributed by atoms with E-state index < -0.39 is 5.82 Å². The highest BCUT2D eigenvalue weighted by atomic mass is 35.5. The number of hydrogen-bond acceptors (Lipinski definition) is 23. The molecule has 12 aromatic rings. The van der Waals surface area contributed by atoms with Crippen molar-refractivity contribution >= 4 is 105 Å². The van der Waals surface area contributed by atoms with Crippen molar-refractivity contribution in [2.24, 2.45) is 0 Å². The molecule has 0 bridgehead atoms. The third kappa shape index (κ3) is 18.1. The van der Waals surface area contributed by atoms with Crippen LogP contribution in [0.5, 0.6) is 0 Å². The Labute approximate surface area is 669 Å². The molecule has 11 N–H and O–H groups in total. The molecule has 31 heteroatoms. The molecule has 0 radical (unpaired) electrons. The predicted molar refractivity (Wildman–Crippen MR) is 441 cm³/mol. The van der Waals surface area contributed by atoms with Crippen molar-refractivity contribution in [3.8, 4) is 0 Å². The van der Waals surface area contributed by atoms with Crippen LogP contribution in [0.3, 0.4) is 0 Å². The van der Waals surface area contributed by atoms with Crippen LogP contribution in [0, 0.1) is 11.6 Å². The molecule has 588 valence electrons. The van der Waals surface area contributed by atoms with Crippen LogP contribution in [-0.2, 0) is 4.74 Å². The van der Waals surface area contributed by atoms with Gasteiger partial charge >= 0.3 is 0 Å². The molecule has 8 aliphatic rings. The molecule has 114 heavy (non-hydrogen) atoms. The summed E-state index contributed by atoms with van der Waals surface area (Å²) in [4.78, 5) is 43.8. The first-order chi connectivity index (χ1) is 55.9. The first-order valence-electron chi connectivity index (χ1n) is 39.7. The number of nitrogens with one attached hydrogen (secondary N) is 7. The van der Waals surface area contributed by atoms with E-state index in [0.717, 1.165) is 189 Å². The molecule has 3 saturated carbocycles. The second kappa shape index (κ2) is 34.4. The number of nitrogens with zero attached hydrogens (tertiary/aromatic N) is 17. The van der Waals surface area contributed by atoms with Gasteiger partial charge in [0, 0.05) is 133 Å². The summed E-state index contributed by atoms with van der Waals surface area (Å²) in [7, 11) is 0. The summed E-state index contributed by atoms with van der Waals surface area (Å²) in [6.07, 6.45) is 23.7. The van der Waals surface area contributed by atoms with Gasteiger partial charge in [0.25, 0.3) is 0 Å². The lowest BCUT2D eigenvalue weighted by Crippen LogP contribution is -2.34. The molecular weight excluding hydrogens is 1490 g/mol. The van der Waals surface area contributed by atoms with Gasteiger partial charge in [-0.05, 0) is 156 Å². The van der Waals surface area contributed by atoms with Gasteiger partial charge in [-0.25, -0.2) is 24.3 Å².